The van der Waals surface area contributed by atoms with E-state index in [4.69, 9.17) is 0 Å². The summed E-state index contributed by atoms with van der Waals surface area (Å²) < 4.78 is 0. The molecular formula is C18H27N3O2. The Morgan fingerprint density at radius 3 is 2.65 bits per heavy atom. The van der Waals surface area contributed by atoms with Crippen molar-refractivity contribution < 1.29 is 9.59 Å². The lowest BCUT2D eigenvalue weighted by molar-refractivity contribution is -0.124. The number of rotatable bonds is 6. The third-order valence-electron chi connectivity index (χ3n) is 4.10. The van der Waals surface area contributed by atoms with E-state index in [0.29, 0.717) is 6.54 Å². The minimum atomic E-state index is -0.0375. The average molecular weight is 317 g/mol. The van der Waals surface area contributed by atoms with Crippen molar-refractivity contribution in [2.75, 3.05) is 24.5 Å². The van der Waals surface area contributed by atoms with Gasteiger partial charge in [0, 0.05) is 17.8 Å². The van der Waals surface area contributed by atoms with Crippen LogP contribution in [0.5, 0.6) is 0 Å². The first-order valence-corrected chi connectivity index (χ1v) is 8.34. The first kappa shape index (κ1) is 17.5. The molecule has 126 valence electrons. The minimum Gasteiger partial charge on any atom is -0.353 e. The molecule has 1 N–H and O–H groups in total. The van der Waals surface area contributed by atoms with Crippen LogP contribution in [0.15, 0.2) is 24.3 Å². The molecule has 2 rings (SSSR count). The van der Waals surface area contributed by atoms with Crippen LogP contribution in [-0.4, -0.2) is 48.4 Å². The number of likely N-dealkylation sites (N-methyl/N-ethyl adjacent to an activating group) is 1. The highest BCUT2D eigenvalue weighted by atomic mass is 16.2. The molecule has 0 saturated heterocycles. The van der Waals surface area contributed by atoms with Crippen LogP contribution < -0.4 is 10.2 Å². The molecule has 2 amide bonds. The predicted molar refractivity (Wildman–Crippen MR) is 92.5 cm³/mol. The number of nitrogens with one attached hydrogen (secondary N) is 1. The first-order valence-electron chi connectivity index (χ1n) is 8.34. The van der Waals surface area contributed by atoms with Gasteiger partial charge in [0.1, 0.15) is 0 Å². The zero-order valence-corrected chi connectivity index (χ0v) is 14.5. The summed E-state index contributed by atoms with van der Waals surface area (Å²) in [5, 5.41) is 2.87. The maximum atomic E-state index is 12.7. The van der Waals surface area contributed by atoms with Crippen molar-refractivity contribution in [3.05, 3.63) is 29.8 Å². The lowest BCUT2D eigenvalue weighted by atomic mass is 10.1. The van der Waals surface area contributed by atoms with Crippen molar-refractivity contribution in [1.29, 1.82) is 0 Å². The van der Waals surface area contributed by atoms with Crippen LogP contribution >= 0.6 is 0 Å². The zero-order valence-electron chi connectivity index (χ0n) is 14.5. The Balaban J connectivity index is 2.01. The third-order valence-corrected chi connectivity index (χ3v) is 4.10. The molecule has 1 aromatic carbocycles. The van der Waals surface area contributed by atoms with Crippen LogP contribution in [0.2, 0.25) is 0 Å². The second kappa shape index (κ2) is 7.59. The second-order valence-corrected chi connectivity index (χ2v) is 6.47. The summed E-state index contributed by atoms with van der Waals surface area (Å²) in [6, 6.07) is 8.33. The predicted octanol–water partition coefficient (Wildman–Crippen LogP) is 1.81. The molecule has 23 heavy (non-hydrogen) atoms. The van der Waals surface area contributed by atoms with Crippen LogP contribution in [0.25, 0.3) is 0 Å². The van der Waals surface area contributed by atoms with Crippen molar-refractivity contribution in [1.82, 2.24) is 10.2 Å². The maximum Gasteiger partial charge on any atom is 0.241 e. The number of para-hydroxylation sites is 1. The molecule has 0 spiro atoms. The molecule has 1 atom stereocenters. The largest absolute Gasteiger partial charge is 0.353 e. The average Bonchev–Trinajstić information content (AvgIpc) is 2.81. The molecule has 0 aliphatic carbocycles. The van der Waals surface area contributed by atoms with Gasteiger partial charge in [0.25, 0.3) is 0 Å². The van der Waals surface area contributed by atoms with E-state index in [9.17, 15) is 9.59 Å². The number of hydrogen-bond donors (Lipinski definition) is 1. The highest BCUT2D eigenvalue weighted by molar-refractivity contribution is 5.97. The summed E-state index contributed by atoms with van der Waals surface area (Å²) in [6.45, 7) is 9.09. The lowest BCUT2D eigenvalue weighted by Crippen LogP contribution is -2.46. The number of nitrogens with zero attached hydrogens (tertiary/aromatic N) is 2. The molecule has 1 unspecified atom stereocenters. The summed E-state index contributed by atoms with van der Waals surface area (Å²) in [5.74, 6) is 0.0196. The Morgan fingerprint density at radius 1 is 1.30 bits per heavy atom. The molecule has 0 fully saturated rings. The Hall–Kier alpha value is -1.88. The van der Waals surface area contributed by atoms with Crippen LogP contribution in [0.1, 0.15) is 33.3 Å². The van der Waals surface area contributed by atoms with Crippen LogP contribution in [-0.2, 0) is 16.0 Å². The van der Waals surface area contributed by atoms with E-state index < -0.39 is 0 Å². The lowest BCUT2D eigenvalue weighted by Gasteiger charge is -2.27. The van der Waals surface area contributed by atoms with Crippen molar-refractivity contribution >= 4 is 17.5 Å². The summed E-state index contributed by atoms with van der Waals surface area (Å²) in [4.78, 5) is 28.4. The van der Waals surface area contributed by atoms with E-state index in [2.05, 4.69) is 18.3 Å². The number of benzene rings is 1. The summed E-state index contributed by atoms with van der Waals surface area (Å²) in [5.41, 5.74) is 2.22. The van der Waals surface area contributed by atoms with Gasteiger partial charge in [-0.05, 0) is 45.4 Å². The van der Waals surface area contributed by atoms with Gasteiger partial charge in [0.05, 0.1) is 13.1 Å². The smallest absolute Gasteiger partial charge is 0.241 e. The van der Waals surface area contributed by atoms with Crippen molar-refractivity contribution in [3.63, 3.8) is 0 Å². The molecule has 0 radical (unpaired) electrons. The summed E-state index contributed by atoms with van der Waals surface area (Å²) in [6.07, 6.45) is 0.891. The van der Waals surface area contributed by atoms with Gasteiger partial charge in [-0.25, -0.2) is 0 Å². The number of carbonyl (C=O) groups excluding carboxylic acids is 2. The molecule has 0 saturated carbocycles. The van der Waals surface area contributed by atoms with E-state index in [-0.39, 0.29) is 37.0 Å². The van der Waals surface area contributed by atoms with Gasteiger partial charge in [-0.3, -0.25) is 14.5 Å². The van der Waals surface area contributed by atoms with Crippen molar-refractivity contribution in [2.24, 2.45) is 0 Å². The van der Waals surface area contributed by atoms with Gasteiger partial charge >= 0.3 is 0 Å². The molecule has 1 aliphatic rings. The van der Waals surface area contributed by atoms with Gasteiger partial charge in [0.15, 0.2) is 0 Å². The minimum absolute atomic E-state index is 0.0375. The molecule has 0 aromatic heterocycles. The molecule has 1 heterocycles. The standard InChI is InChI=1S/C18H27N3O2/c1-5-20(11-17(22)19-13(2)3)12-18(23)21-14(4)10-15-8-6-7-9-16(15)21/h6-9,13-14H,5,10-12H2,1-4H3,(H,19,22). The van der Waals surface area contributed by atoms with E-state index in [1.807, 2.05) is 48.8 Å². The molecule has 1 aliphatic heterocycles. The number of carbonyl (C=O) groups is 2. The Bertz CT molecular complexity index is 571. The number of fused-ring (bicyclic) bond motifs is 1. The van der Waals surface area contributed by atoms with Crippen LogP contribution in [0, 0.1) is 0 Å². The topological polar surface area (TPSA) is 52.7 Å². The van der Waals surface area contributed by atoms with E-state index in [0.717, 1.165) is 12.1 Å². The van der Waals surface area contributed by atoms with Crippen LogP contribution in [0.3, 0.4) is 0 Å². The monoisotopic (exact) mass is 317 g/mol. The normalized spacial score (nSPS) is 16.8. The molecular weight excluding hydrogens is 290 g/mol. The molecule has 1 aromatic rings. The van der Waals surface area contributed by atoms with Gasteiger partial charge in [-0.15, -0.1) is 0 Å². The molecule has 0 bridgehead atoms. The van der Waals surface area contributed by atoms with E-state index >= 15 is 0 Å². The number of amides is 2. The van der Waals surface area contributed by atoms with Gasteiger partial charge < -0.3 is 10.2 Å². The number of anilines is 1. The fraction of sp³-hybridized carbons (Fsp3) is 0.556. The zero-order chi connectivity index (χ0) is 17.0. The first-order chi connectivity index (χ1) is 10.9. The van der Waals surface area contributed by atoms with Crippen LogP contribution in [0.4, 0.5) is 5.69 Å². The molecule has 5 heteroatoms. The maximum absolute atomic E-state index is 12.7. The Morgan fingerprint density at radius 2 is 2.00 bits per heavy atom. The third kappa shape index (κ3) is 4.32. The Labute approximate surface area is 138 Å². The fourth-order valence-electron chi connectivity index (χ4n) is 3.06. The quantitative estimate of drug-likeness (QED) is 0.870. The second-order valence-electron chi connectivity index (χ2n) is 6.47. The van der Waals surface area contributed by atoms with Gasteiger partial charge in [-0.1, -0.05) is 25.1 Å². The van der Waals surface area contributed by atoms with E-state index in [1.54, 1.807) is 0 Å². The SMILES string of the molecule is CCN(CC(=O)NC(C)C)CC(=O)N1c2ccccc2CC1C. The Kier molecular flexibility index (Phi) is 5.77. The van der Waals surface area contributed by atoms with Crippen molar-refractivity contribution in [2.45, 2.75) is 46.2 Å². The highest BCUT2D eigenvalue weighted by Gasteiger charge is 2.31. The van der Waals surface area contributed by atoms with Gasteiger partial charge in [0.2, 0.25) is 11.8 Å². The summed E-state index contributed by atoms with van der Waals surface area (Å²) in [7, 11) is 0. The summed E-state index contributed by atoms with van der Waals surface area (Å²) >= 11 is 0. The highest BCUT2D eigenvalue weighted by Crippen LogP contribution is 2.31. The number of hydrogen-bond acceptors (Lipinski definition) is 3. The molecule has 5 nitrogen and oxygen atoms in total. The van der Waals surface area contributed by atoms with Crippen molar-refractivity contribution in [3.8, 4) is 0 Å². The fourth-order valence-corrected chi connectivity index (χ4v) is 3.06. The van der Waals surface area contributed by atoms with Gasteiger partial charge in [-0.2, -0.15) is 0 Å². The van der Waals surface area contributed by atoms with E-state index in [1.165, 1.54) is 5.56 Å².